The number of carbonyl (C=O) groups excluding carboxylic acids is 1. The van der Waals surface area contributed by atoms with Crippen LogP contribution in [0, 0.1) is 18.3 Å². The van der Waals surface area contributed by atoms with Gasteiger partial charge in [-0.3, -0.25) is 4.79 Å². The van der Waals surface area contributed by atoms with E-state index in [0.29, 0.717) is 0 Å². The van der Waals surface area contributed by atoms with Gasteiger partial charge in [0.05, 0.1) is 5.92 Å². The third-order valence-corrected chi connectivity index (χ3v) is 1.97. The monoisotopic (exact) mass is 167 g/mol. The lowest BCUT2D eigenvalue weighted by Crippen LogP contribution is -2.32. The van der Waals surface area contributed by atoms with E-state index in [-0.39, 0.29) is 18.5 Å². The minimum absolute atomic E-state index is 0.0552. The van der Waals surface area contributed by atoms with Crippen LogP contribution in [0.1, 0.15) is 12.8 Å². The van der Waals surface area contributed by atoms with Gasteiger partial charge in [0.15, 0.2) is 6.61 Å². The summed E-state index contributed by atoms with van der Waals surface area (Å²) in [5.41, 5.74) is 0. The lowest BCUT2D eigenvalue weighted by atomic mass is 9.99. The molecule has 0 spiro atoms. The first-order valence-electron chi connectivity index (χ1n) is 4.15. The van der Waals surface area contributed by atoms with E-state index in [4.69, 9.17) is 11.2 Å². The smallest absolute Gasteiger partial charge is 0.309 e. The molecule has 0 unspecified atom stereocenters. The molecule has 3 nitrogen and oxygen atoms in total. The van der Waals surface area contributed by atoms with E-state index in [2.05, 4.69) is 11.2 Å². The Labute approximate surface area is 72.5 Å². The van der Waals surface area contributed by atoms with Crippen LogP contribution < -0.4 is 5.32 Å². The number of terminal acetylenes is 1. The summed E-state index contributed by atoms with van der Waals surface area (Å²) in [6.07, 6.45) is 6.70. The van der Waals surface area contributed by atoms with Gasteiger partial charge in [0, 0.05) is 0 Å². The number of rotatable bonds is 2. The molecular weight excluding hydrogens is 154 g/mol. The largest absolute Gasteiger partial charge is 0.452 e. The summed E-state index contributed by atoms with van der Waals surface area (Å²) < 4.78 is 4.83. The third kappa shape index (κ3) is 2.55. The van der Waals surface area contributed by atoms with Gasteiger partial charge in [0.25, 0.3) is 0 Å². The fourth-order valence-electron chi connectivity index (χ4n) is 1.29. The van der Waals surface area contributed by atoms with Crippen LogP contribution in [-0.4, -0.2) is 25.7 Å². The summed E-state index contributed by atoms with van der Waals surface area (Å²) in [4.78, 5) is 11.2. The van der Waals surface area contributed by atoms with Gasteiger partial charge in [-0.1, -0.05) is 5.92 Å². The van der Waals surface area contributed by atoms with Crippen LogP contribution >= 0.6 is 0 Å². The van der Waals surface area contributed by atoms with Crippen molar-refractivity contribution in [2.45, 2.75) is 12.8 Å². The van der Waals surface area contributed by atoms with Crippen molar-refractivity contribution in [3.05, 3.63) is 0 Å². The second-order valence-corrected chi connectivity index (χ2v) is 2.84. The van der Waals surface area contributed by atoms with Crippen LogP contribution in [0.3, 0.4) is 0 Å². The topological polar surface area (TPSA) is 38.3 Å². The SMILES string of the molecule is C#CCOC(=O)C1CCNCC1. The molecule has 1 heterocycles. The van der Waals surface area contributed by atoms with Crippen LogP contribution in [0.2, 0.25) is 0 Å². The van der Waals surface area contributed by atoms with Crippen molar-refractivity contribution in [3.8, 4) is 12.3 Å². The minimum Gasteiger partial charge on any atom is -0.452 e. The maximum atomic E-state index is 11.2. The van der Waals surface area contributed by atoms with Crippen molar-refractivity contribution < 1.29 is 9.53 Å². The van der Waals surface area contributed by atoms with Crippen molar-refractivity contribution in [2.24, 2.45) is 5.92 Å². The summed E-state index contributed by atoms with van der Waals surface area (Å²) in [5.74, 6) is 2.19. The number of hydrogen-bond donors (Lipinski definition) is 1. The van der Waals surface area contributed by atoms with E-state index in [9.17, 15) is 4.79 Å². The van der Waals surface area contributed by atoms with E-state index in [0.717, 1.165) is 25.9 Å². The van der Waals surface area contributed by atoms with Crippen molar-refractivity contribution in [1.29, 1.82) is 0 Å². The Kier molecular flexibility index (Phi) is 3.62. The van der Waals surface area contributed by atoms with Crippen molar-refractivity contribution in [2.75, 3.05) is 19.7 Å². The van der Waals surface area contributed by atoms with Gasteiger partial charge in [-0.05, 0) is 25.9 Å². The van der Waals surface area contributed by atoms with E-state index >= 15 is 0 Å². The molecule has 0 amide bonds. The number of piperidine rings is 1. The molecule has 0 aromatic heterocycles. The Morgan fingerprint density at radius 2 is 2.25 bits per heavy atom. The highest BCUT2D eigenvalue weighted by Gasteiger charge is 2.21. The second kappa shape index (κ2) is 4.78. The van der Waals surface area contributed by atoms with E-state index in [1.54, 1.807) is 0 Å². The van der Waals surface area contributed by atoms with Crippen LogP contribution in [0.4, 0.5) is 0 Å². The quantitative estimate of drug-likeness (QED) is 0.470. The Hall–Kier alpha value is -1.01. The summed E-state index contributed by atoms with van der Waals surface area (Å²) in [5, 5.41) is 3.18. The van der Waals surface area contributed by atoms with Gasteiger partial charge in [0.2, 0.25) is 0 Å². The number of nitrogens with one attached hydrogen (secondary N) is 1. The fraction of sp³-hybridized carbons (Fsp3) is 0.667. The van der Waals surface area contributed by atoms with Gasteiger partial charge in [-0.25, -0.2) is 0 Å². The molecule has 0 aliphatic carbocycles. The first-order valence-corrected chi connectivity index (χ1v) is 4.15. The molecule has 0 radical (unpaired) electrons. The fourth-order valence-corrected chi connectivity index (χ4v) is 1.29. The summed E-state index contributed by atoms with van der Waals surface area (Å²) in [6.45, 7) is 1.90. The van der Waals surface area contributed by atoms with Gasteiger partial charge in [0.1, 0.15) is 0 Å². The van der Waals surface area contributed by atoms with Gasteiger partial charge >= 0.3 is 5.97 Å². The lowest BCUT2D eigenvalue weighted by molar-refractivity contribution is -0.147. The van der Waals surface area contributed by atoms with E-state index < -0.39 is 0 Å². The van der Waals surface area contributed by atoms with Crippen LogP contribution in [0.15, 0.2) is 0 Å². The minimum atomic E-state index is -0.144. The molecule has 1 saturated heterocycles. The lowest BCUT2D eigenvalue weighted by Gasteiger charge is -2.20. The predicted molar refractivity (Wildman–Crippen MR) is 45.4 cm³/mol. The second-order valence-electron chi connectivity index (χ2n) is 2.84. The first kappa shape index (κ1) is 9.08. The Bertz CT molecular complexity index is 189. The van der Waals surface area contributed by atoms with Crippen LogP contribution in [-0.2, 0) is 9.53 Å². The molecule has 0 bridgehead atoms. The standard InChI is InChI=1S/C9H13NO2/c1-2-7-12-9(11)8-3-5-10-6-4-8/h1,8,10H,3-7H2. The number of hydrogen-bond acceptors (Lipinski definition) is 3. The Balaban J connectivity index is 2.26. The summed E-state index contributed by atoms with van der Waals surface area (Å²) >= 11 is 0. The normalized spacial score (nSPS) is 18.2. The zero-order valence-corrected chi connectivity index (χ0v) is 7.01. The number of ether oxygens (including phenoxy) is 1. The van der Waals surface area contributed by atoms with Crippen molar-refractivity contribution in [1.82, 2.24) is 5.32 Å². The molecule has 1 rings (SSSR count). The summed E-state index contributed by atoms with van der Waals surface area (Å²) in [7, 11) is 0. The molecule has 0 aromatic carbocycles. The summed E-state index contributed by atoms with van der Waals surface area (Å²) in [6, 6.07) is 0. The van der Waals surface area contributed by atoms with Crippen LogP contribution in [0.5, 0.6) is 0 Å². The van der Waals surface area contributed by atoms with E-state index in [1.807, 2.05) is 0 Å². The number of carbonyl (C=O) groups is 1. The molecule has 66 valence electrons. The first-order chi connectivity index (χ1) is 5.84. The predicted octanol–water partition coefficient (Wildman–Crippen LogP) is 0.162. The van der Waals surface area contributed by atoms with Crippen LogP contribution in [0.25, 0.3) is 0 Å². The molecule has 1 aliphatic heterocycles. The molecule has 0 aromatic rings. The highest BCUT2D eigenvalue weighted by molar-refractivity contribution is 5.72. The molecule has 1 N–H and O–H groups in total. The molecule has 12 heavy (non-hydrogen) atoms. The van der Waals surface area contributed by atoms with Gasteiger partial charge < -0.3 is 10.1 Å². The average molecular weight is 167 g/mol. The highest BCUT2D eigenvalue weighted by atomic mass is 16.5. The molecule has 3 heteroatoms. The van der Waals surface area contributed by atoms with Gasteiger partial charge in [-0.15, -0.1) is 6.42 Å². The maximum Gasteiger partial charge on any atom is 0.309 e. The van der Waals surface area contributed by atoms with Crippen molar-refractivity contribution in [3.63, 3.8) is 0 Å². The zero-order chi connectivity index (χ0) is 8.81. The molecule has 1 fully saturated rings. The molecular formula is C9H13NO2. The maximum absolute atomic E-state index is 11.2. The van der Waals surface area contributed by atoms with Gasteiger partial charge in [-0.2, -0.15) is 0 Å². The number of esters is 1. The molecule has 0 saturated carbocycles. The zero-order valence-electron chi connectivity index (χ0n) is 7.01. The average Bonchev–Trinajstić information content (AvgIpc) is 2.15. The Morgan fingerprint density at radius 1 is 1.58 bits per heavy atom. The highest BCUT2D eigenvalue weighted by Crippen LogP contribution is 2.12. The third-order valence-electron chi connectivity index (χ3n) is 1.97. The molecule has 1 aliphatic rings. The van der Waals surface area contributed by atoms with E-state index in [1.165, 1.54) is 0 Å². The molecule has 0 atom stereocenters. The van der Waals surface area contributed by atoms with Crippen molar-refractivity contribution >= 4 is 5.97 Å². The Morgan fingerprint density at radius 3 is 2.83 bits per heavy atom.